The Morgan fingerprint density at radius 2 is 2.29 bits per heavy atom. The molecule has 0 fully saturated rings. The van der Waals surface area contributed by atoms with Gasteiger partial charge in [0.05, 0.1) is 0 Å². The van der Waals surface area contributed by atoms with Crippen molar-refractivity contribution in [3.8, 4) is 0 Å². The van der Waals surface area contributed by atoms with Crippen molar-refractivity contribution in [1.29, 1.82) is 0 Å². The van der Waals surface area contributed by atoms with Gasteiger partial charge >= 0.3 is 0 Å². The van der Waals surface area contributed by atoms with Crippen molar-refractivity contribution in [3.63, 3.8) is 0 Å². The summed E-state index contributed by atoms with van der Waals surface area (Å²) in [4.78, 5) is 16.9. The van der Waals surface area contributed by atoms with Crippen molar-refractivity contribution < 1.29 is 4.79 Å². The van der Waals surface area contributed by atoms with E-state index in [1.807, 2.05) is 12.1 Å². The second-order valence-electron chi connectivity index (χ2n) is 4.67. The van der Waals surface area contributed by atoms with Gasteiger partial charge in [0, 0.05) is 34.4 Å². The fourth-order valence-corrected chi connectivity index (χ4v) is 3.07. The van der Waals surface area contributed by atoms with Crippen LogP contribution in [0.3, 0.4) is 0 Å². The van der Waals surface area contributed by atoms with Crippen LogP contribution < -0.4 is 11.1 Å². The van der Waals surface area contributed by atoms with Gasteiger partial charge in [-0.25, -0.2) is 4.98 Å². The molecule has 1 aromatic carbocycles. The normalized spacial score (nSPS) is 11.6. The molecule has 1 aromatic heterocycles. The molecule has 4 nitrogen and oxygen atoms in total. The summed E-state index contributed by atoms with van der Waals surface area (Å²) in [6.45, 7) is 1.81. The Morgan fingerprint density at radius 3 is 2.95 bits per heavy atom. The minimum atomic E-state index is -0.142. The molecule has 1 heterocycles. The molecular weight excluding hydrogens is 374 g/mol. The predicted molar refractivity (Wildman–Crippen MR) is 93.2 cm³/mol. The van der Waals surface area contributed by atoms with Gasteiger partial charge in [0.1, 0.15) is 0 Å². The number of anilines is 1. The van der Waals surface area contributed by atoms with Crippen molar-refractivity contribution in [3.05, 3.63) is 45.4 Å². The summed E-state index contributed by atoms with van der Waals surface area (Å²) in [6.07, 6.45) is 2.91. The fourth-order valence-electron chi connectivity index (χ4n) is 1.76. The predicted octanol–water partition coefficient (Wildman–Crippen LogP) is 3.59. The van der Waals surface area contributed by atoms with Crippen molar-refractivity contribution in [1.82, 2.24) is 4.98 Å². The van der Waals surface area contributed by atoms with E-state index in [9.17, 15) is 4.79 Å². The minimum absolute atomic E-state index is 0. The largest absolute Gasteiger partial charge is 0.327 e. The van der Waals surface area contributed by atoms with Crippen LogP contribution in [0.25, 0.3) is 0 Å². The van der Waals surface area contributed by atoms with Crippen LogP contribution >= 0.6 is 39.7 Å². The maximum Gasteiger partial charge on any atom is 0.227 e. The molecule has 1 atom stereocenters. The summed E-state index contributed by atoms with van der Waals surface area (Å²) in [6, 6.07) is 8.00. The van der Waals surface area contributed by atoms with Gasteiger partial charge in [-0.15, -0.1) is 23.7 Å². The zero-order valence-corrected chi connectivity index (χ0v) is 14.7. The highest BCUT2D eigenvalue weighted by molar-refractivity contribution is 9.10. The number of nitrogens with one attached hydrogen (secondary N) is 1. The number of carbonyl (C=O) groups is 1. The lowest BCUT2D eigenvalue weighted by Gasteiger charge is -2.03. The Labute approximate surface area is 142 Å². The molecule has 1 unspecified atom stereocenters. The van der Waals surface area contributed by atoms with Gasteiger partial charge in [-0.2, -0.15) is 0 Å². The molecule has 114 valence electrons. The Balaban J connectivity index is 0.00000220. The molecule has 0 bridgehead atoms. The summed E-state index contributed by atoms with van der Waals surface area (Å²) in [7, 11) is 0. The van der Waals surface area contributed by atoms with Crippen LogP contribution in [0.5, 0.6) is 0 Å². The Kier molecular flexibility index (Phi) is 7.31. The number of thiazole rings is 1. The van der Waals surface area contributed by atoms with Crippen LogP contribution in [0.4, 0.5) is 5.13 Å². The van der Waals surface area contributed by atoms with E-state index < -0.39 is 0 Å². The minimum Gasteiger partial charge on any atom is -0.327 e. The molecule has 2 rings (SSSR count). The number of benzene rings is 1. The van der Waals surface area contributed by atoms with Crippen LogP contribution in [-0.2, 0) is 11.2 Å². The highest BCUT2D eigenvalue weighted by Gasteiger charge is 2.09. The zero-order chi connectivity index (χ0) is 14.5. The van der Waals surface area contributed by atoms with Gasteiger partial charge in [0.25, 0.3) is 0 Å². The summed E-state index contributed by atoms with van der Waals surface area (Å²) in [5.74, 6) is -0.0941. The molecule has 0 saturated carbocycles. The number of carbonyl (C=O) groups excluding carboxylic acids is 1. The van der Waals surface area contributed by atoms with E-state index in [2.05, 4.69) is 38.4 Å². The van der Waals surface area contributed by atoms with Crippen molar-refractivity contribution in [2.75, 3.05) is 5.32 Å². The molecule has 1 amide bonds. The van der Waals surface area contributed by atoms with Crippen molar-refractivity contribution >= 4 is 50.7 Å². The highest BCUT2D eigenvalue weighted by atomic mass is 79.9. The first kappa shape index (κ1) is 18.1. The number of hydrogen-bond donors (Lipinski definition) is 2. The van der Waals surface area contributed by atoms with Crippen LogP contribution in [0.2, 0.25) is 0 Å². The van der Waals surface area contributed by atoms with E-state index in [0.717, 1.165) is 15.8 Å². The SMILES string of the molecule is CC(N)CC(=O)Nc1ncc(Cc2cccc(Br)c2)s1.Cl. The lowest BCUT2D eigenvalue weighted by Crippen LogP contribution is -2.23. The Bertz CT molecular complexity index is 603. The first-order chi connectivity index (χ1) is 9.52. The van der Waals surface area contributed by atoms with Gasteiger partial charge < -0.3 is 11.1 Å². The summed E-state index contributed by atoms with van der Waals surface area (Å²) in [5, 5.41) is 3.40. The standard InChI is InChI=1S/C14H16BrN3OS.ClH/c1-9(16)5-13(19)18-14-17-8-12(20-14)7-10-3-2-4-11(15)6-10;/h2-4,6,8-9H,5,7,16H2,1H3,(H,17,18,19);1H. The second-order valence-corrected chi connectivity index (χ2v) is 6.70. The van der Waals surface area contributed by atoms with Gasteiger partial charge in [0.2, 0.25) is 5.91 Å². The van der Waals surface area contributed by atoms with Crippen LogP contribution in [-0.4, -0.2) is 16.9 Å². The molecule has 0 spiro atoms. The molecule has 0 aliphatic rings. The lowest BCUT2D eigenvalue weighted by molar-refractivity contribution is -0.116. The number of hydrogen-bond acceptors (Lipinski definition) is 4. The Morgan fingerprint density at radius 1 is 1.52 bits per heavy atom. The molecule has 2 aromatic rings. The van der Waals surface area contributed by atoms with Gasteiger partial charge in [-0.05, 0) is 24.6 Å². The first-order valence-corrected chi connectivity index (χ1v) is 7.88. The summed E-state index contributed by atoms with van der Waals surface area (Å²) >= 11 is 4.95. The molecule has 3 N–H and O–H groups in total. The highest BCUT2D eigenvalue weighted by Crippen LogP contribution is 2.22. The van der Waals surface area contributed by atoms with E-state index in [0.29, 0.717) is 11.6 Å². The molecular formula is C14H17BrClN3OS. The molecule has 21 heavy (non-hydrogen) atoms. The molecule has 0 saturated heterocycles. The summed E-state index contributed by atoms with van der Waals surface area (Å²) < 4.78 is 1.06. The maximum atomic E-state index is 11.6. The molecule has 0 radical (unpaired) electrons. The fraction of sp³-hybridized carbons (Fsp3) is 0.286. The Hall–Kier alpha value is -0.950. The van der Waals surface area contributed by atoms with Gasteiger partial charge in [-0.1, -0.05) is 28.1 Å². The average Bonchev–Trinajstić information content (AvgIpc) is 2.75. The molecule has 0 aliphatic carbocycles. The van der Waals surface area contributed by atoms with E-state index in [-0.39, 0.29) is 24.4 Å². The quantitative estimate of drug-likeness (QED) is 0.819. The number of aromatic nitrogens is 1. The number of halogens is 2. The van der Waals surface area contributed by atoms with Crippen molar-refractivity contribution in [2.24, 2.45) is 5.73 Å². The average molecular weight is 391 g/mol. The zero-order valence-electron chi connectivity index (χ0n) is 11.5. The van der Waals surface area contributed by atoms with Gasteiger partial charge in [0.15, 0.2) is 5.13 Å². The number of nitrogens with zero attached hydrogens (tertiary/aromatic N) is 1. The molecule has 7 heteroatoms. The van der Waals surface area contributed by atoms with Crippen LogP contribution in [0, 0.1) is 0 Å². The van der Waals surface area contributed by atoms with E-state index in [4.69, 9.17) is 5.73 Å². The second kappa shape index (κ2) is 8.48. The number of nitrogens with two attached hydrogens (primary N) is 1. The smallest absolute Gasteiger partial charge is 0.227 e. The summed E-state index contributed by atoms with van der Waals surface area (Å²) in [5.41, 5.74) is 6.79. The van der Waals surface area contributed by atoms with Crippen molar-refractivity contribution in [2.45, 2.75) is 25.8 Å². The number of rotatable bonds is 5. The lowest BCUT2D eigenvalue weighted by atomic mass is 10.1. The topological polar surface area (TPSA) is 68.0 Å². The van der Waals surface area contributed by atoms with E-state index in [1.165, 1.54) is 16.9 Å². The number of amides is 1. The monoisotopic (exact) mass is 389 g/mol. The van der Waals surface area contributed by atoms with Gasteiger partial charge in [-0.3, -0.25) is 4.79 Å². The molecule has 0 aliphatic heterocycles. The van der Waals surface area contributed by atoms with E-state index >= 15 is 0 Å². The van der Waals surface area contributed by atoms with Crippen LogP contribution in [0.1, 0.15) is 23.8 Å². The van der Waals surface area contributed by atoms with Crippen LogP contribution in [0.15, 0.2) is 34.9 Å². The van der Waals surface area contributed by atoms with E-state index in [1.54, 1.807) is 13.1 Å². The third-order valence-corrected chi connectivity index (χ3v) is 3.98. The third kappa shape index (κ3) is 6.13. The first-order valence-electron chi connectivity index (χ1n) is 6.27. The maximum absolute atomic E-state index is 11.6. The third-order valence-electron chi connectivity index (χ3n) is 2.57.